The second-order valence-corrected chi connectivity index (χ2v) is 7.54. The lowest BCUT2D eigenvalue weighted by Crippen LogP contribution is -2.34. The molecular formula is C27H27N3O6. The van der Waals surface area contributed by atoms with E-state index in [-0.39, 0.29) is 12.5 Å². The first-order valence-corrected chi connectivity index (χ1v) is 11.3. The highest BCUT2D eigenvalue weighted by molar-refractivity contribution is 5.96. The summed E-state index contributed by atoms with van der Waals surface area (Å²) in [6.45, 7) is 2.40. The zero-order chi connectivity index (χ0) is 25.8. The summed E-state index contributed by atoms with van der Waals surface area (Å²) < 4.78 is 15.9. The van der Waals surface area contributed by atoms with Crippen LogP contribution < -0.4 is 25.0 Å². The molecule has 186 valence electrons. The largest absolute Gasteiger partial charge is 0.497 e. The van der Waals surface area contributed by atoms with E-state index in [0.717, 1.165) is 6.42 Å². The molecule has 3 aromatic carbocycles. The number of methoxy groups -OCH3 is 1. The summed E-state index contributed by atoms with van der Waals surface area (Å²) in [5, 5.41) is 6.39. The molecule has 9 heteroatoms. The van der Waals surface area contributed by atoms with E-state index >= 15 is 0 Å². The fourth-order valence-corrected chi connectivity index (χ4v) is 2.92. The van der Waals surface area contributed by atoms with Crippen LogP contribution in [0.2, 0.25) is 0 Å². The normalized spacial score (nSPS) is 10.5. The van der Waals surface area contributed by atoms with Gasteiger partial charge < -0.3 is 19.5 Å². The molecule has 0 heterocycles. The van der Waals surface area contributed by atoms with Gasteiger partial charge in [0.1, 0.15) is 17.2 Å². The lowest BCUT2D eigenvalue weighted by Gasteiger charge is -2.07. The summed E-state index contributed by atoms with van der Waals surface area (Å²) in [6.07, 6.45) is 2.34. The van der Waals surface area contributed by atoms with E-state index in [1.165, 1.54) is 13.3 Å². The van der Waals surface area contributed by atoms with Gasteiger partial charge in [0, 0.05) is 5.56 Å². The molecule has 0 atom stereocenters. The number of benzene rings is 3. The van der Waals surface area contributed by atoms with Gasteiger partial charge in [-0.05, 0) is 84.8 Å². The number of esters is 1. The van der Waals surface area contributed by atoms with Crippen molar-refractivity contribution in [2.45, 2.75) is 13.3 Å². The number of hydrazone groups is 1. The van der Waals surface area contributed by atoms with Crippen LogP contribution in [-0.2, 0) is 4.79 Å². The molecule has 36 heavy (non-hydrogen) atoms. The van der Waals surface area contributed by atoms with Crippen molar-refractivity contribution in [3.8, 4) is 17.2 Å². The van der Waals surface area contributed by atoms with E-state index in [1.807, 2.05) is 6.92 Å². The minimum atomic E-state index is -0.484. The van der Waals surface area contributed by atoms with Crippen molar-refractivity contribution in [2.75, 3.05) is 20.3 Å². The molecule has 2 N–H and O–H groups in total. The van der Waals surface area contributed by atoms with Crippen LogP contribution >= 0.6 is 0 Å². The average molecular weight is 490 g/mol. The van der Waals surface area contributed by atoms with Gasteiger partial charge in [-0.2, -0.15) is 5.10 Å². The zero-order valence-corrected chi connectivity index (χ0v) is 20.0. The highest BCUT2D eigenvalue weighted by atomic mass is 16.5. The lowest BCUT2D eigenvalue weighted by molar-refractivity contribution is -0.120. The number of nitrogens with one attached hydrogen (secondary N) is 2. The second kappa shape index (κ2) is 13.3. The summed E-state index contributed by atoms with van der Waals surface area (Å²) in [7, 11) is 1.54. The van der Waals surface area contributed by atoms with Crippen LogP contribution in [0, 0.1) is 0 Å². The molecule has 9 nitrogen and oxygen atoms in total. The molecule has 0 unspecified atom stereocenters. The van der Waals surface area contributed by atoms with Gasteiger partial charge in [-0.25, -0.2) is 10.2 Å². The lowest BCUT2D eigenvalue weighted by atomic mass is 10.2. The van der Waals surface area contributed by atoms with Gasteiger partial charge in [0.05, 0.1) is 32.0 Å². The molecule has 3 rings (SSSR count). The van der Waals surface area contributed by atoms with Crippen molar-refractivity contribution >= 4 is 24.0 Å². The van der Waals surface area contributed by atoms with E-state index in [4.69, 9.17) is 14.2 Å². The SMILES string of the molecule is CCCOc1ccc(C(=O)Oc2ccc(/C=N/NC(=O)CNC(=O)c3ccc(OC)cc3)cc2)cc1. The number of ether oxygens (including phenoxy) is 3. The molecule has 0 bridgehead atoms. The van der Waals surface area contributed by atoms with E-state index in [2.05, 4.69) is 15.8 Å². The summed E-state index contributed by atoms with van der Waals surface area (Å²) in [5.41, 5.74) is 3.83. The highest BCUT2D eigenvalue weighted by Gasteiger charge is 2.09. The van der Waals surface area contributed by atoms with Crippen molar-refractivity contribution in [1.29, 1.82) is 0 Å². The van der Waals surface area contributed by atoms with Gasteiger partial charge in [-0.15, -0.1) is 0 Å². The molecule has 0 aromatic heterocycles. The van der Waals surface area contributed by atoms with E-state index < -0.39 is 11.9 Å². The van der Waals surface area contributed by atoms with Crippen molar-refractivity contribution in [3.05, 3.63) is 89.5 Å². The first kappa shape index (κ1) is 26.0. The van der Waals surface area contributed by atoms with E-state index in [9.17, 15) is 14.4 Å². The Morgan fingerprint density at radius 1 is 0.833 bits per heavy atom. The van der Waals surface area contributed by atoms with Crippen molar-refractivity contribution < 1.29 is 28.6 Å². The van der Waals surface area contributed by atoms with Crippen LogP contribution in [0.3, 0.4) is 0 Å². The molecular weight excluding hydrogens is 462 g/mol. The fraction of sp³-hybridized carbons (Fsp3) is 0.185. The number of rotatable bonds is 11. The Bertz CT molecular complexity index is 1190. The molecule has 2 amide bonds. The van der Waals surface area contributed by atoms with Crippen molar-refractivity contribution in [2.24, 2.45) is 5.10 Å². The Kier molecular flexibility index (Phi) is 9.58. The summed E-state index contributed by atoms with van der Waals surface area (Å²) in [5.74, 6) is 0.347. The van der Waals surface area contributed by atoms with Gasteiger partial charge in [-0.1, -0.05) is 6.92 Å². The number of nitrogens with zero attached hydrogens (tertiary/aromatic N) is 1. The Morgan fingerprint density at radius 2 is 1.44 bits per heavy atom. The Labute approximate surface area is 209 Å². The maximum atomic E-state index is 12.3. The summed E-state index contributed by atoms with van der Waals surface area (Å²) in [4.78, 5) is 36.3. The summed E-state index contributed by atoms with van der Waals surface area (Å²) >= 11 is 0. The molecule has 0 aliphatic rings. The van der Waals surface area contributed by atoms with Crippen molar-refractivity contribution in [1.82, 2.24) is 10.7 Å². The average Bonchev–Trinajstić information content (AvgIpc) is 2.91. The van der Waals surface area contributed by atoms with Gasteiger partial charge in [0.25, 0.3) is 11.8 Å². The number of hydrogen-bond acceptors (Lipinski definition) is 7. The first-order valence-electron chi connectivity index (χ1n) is 11.3. The van der Waals surface area contributed by atoms with Crippen LogP contribution in [0.25, 0.3) is 0 Å². The van der Waals surface area contributed by atoms with Gasteiger partial charge >= 0.3 is 5.97 Å². The molecule has 0 saturated carbocycles. The first-order chi connectivity index (χ1) is 17.5. The third-order valence-corrected chi connectivity index (χ3v) is 4.82. The highest BCUT2D eigenvalue weighted by Crippen LogP contribution is 2.16. The third-order valence-electron chi connectivity index (χ3n) is 4.82. The molecule has 0 saturated heterocycles. The number of hydrogen-bond donors (Lipinski definition) is 2. The van der Waals surface area contributed by atoms with Crippen LogP contribution in [-0.4, -0.2) is 44.3 Å². The van der Waals surface area contributed by atoms with Crippen molar-refractivity contribution in [3.63, 3.8) is 0 Å². The fourth-order valence-electron chi connectivity index (χ4n) is 2.92. The van der Waals surface area contributed by atoms with Gasteiger partial charge in [-0.3, -0.25) is 9.59 Å². The van der Waals surface area contributed by atoms with E-state index in [1.54, 1.807) is 72.8 Å². The van der Waals surface area contributed by atoms with Crippen LogP contribution in [0.5, 0.6) is 17.2 Å². The minimum Gasteiger partial charge on any atom is -0.497 e. The minimum absolute atomic E-state index is 0.233. The zero-order valence-electron chi connectivity index (χ0n) is 20.0. The smallest absolute Gasteiger partial charge is 0.343 e. The molecule has 0 fully saturated rings. The molecule has 0 aliphatic carbocycles. The topological polar surface area (TPSA) is 115 Å². The quantitative estimate of drug-likeness (QED) is 0.184. The standard InChI is InChI=1S/C27H27N3O6/c1-3-16-35-23-14-8-21(9-15-23)27(33)36-24-10-4-19(5-11-24)17-29-30-25(31)18-28-26(32)20-6-12-22(34-2)13-7-20/h4-15,17H,3,16,18H2,1-2H3,(H,28,32)(H,30,31)/b29-17+. The molecule has 0 spiro atoms. The Balaban J connectivity index is 1.42. The molecule has 0 radical (unpaired) electrons. The van der Waals surface area contributed by atoms with E-state index in [0.29, 0.717) is 40.5 Å². The predicted octanol–water partition coefficient (Wildman–Crippen LogP) is 3.58. The summed E-state index contributed by atoms with van der Waals surface area (Å²) in [6, 6.07) is 19.9. The monoisotopic (exact) mass is 489 g/mol. The predicted molar refractivity (Wildman–Crippen MR) is 135 cm³/mol. The van der Waals surface area contributed by atoms with Gasteiger partial charge in [0.2, 0.25) is 0 Å². The van der Waals surface area contributed by atoms with Crippen LogP contribution in [0.15, 0.2) is 77.9 Å². The maximum absolute atomic E-state index is 12.3. The Morgan fingerprint density at radius 3 is 2.08 bits per heavy atom. The second-order valence-electron chi connectivity index (χ2n) is 7.54. The molecule has 0 aliphatic heterocycles. The maximum Gasteiger partial charge on any atom is 0.343 e. The molecule has 3 aromatic rings. The number of carbonyl (C=O) groups is 3. The van der Waals surface area contributed by atoms with Gasteiger partial charge in [0.15, 0.2) is 0 Å². The number of carbonyl (C=O) groups excluding carboxylic acids is 3. The van der Waals surface area contributed by atoms with Crippen LogP contribution in [0.1, 0.15) is 39.6 Å². The Hall–Kier alpha value is -4.66. The van der Waals surface area contributed by atoms with Crippen LogP contribution in [0.4, 0.5) is 0 Å². The third kappa shape index (κ3) is 7.98. The number of amides is 2.